The summed E-state index contributed by atoms with van der Waals surface area (Å²) >= 11 is 0. The lowest BCUT2D eigenvalue weighted by Gasteiger charge is -2.48. The summed E-state index contributed by atoms with van der Waals surface area (Å²) in [6.45, 7) is 3.30. The second-order valence-electron chi connectivity index (χ2n) is 6.20. The van der Waals surface area contributed by atoms with Crippen molar-refractivity contribution in [1.82, 2.24) is 4.98 Å². The number of Topliss-reactive ketones (excluding diaryl/α,β-unsaturated/α-hetero) is 1. The quantitative estimate of drug-likeness (QED) is 0.841. The van der Waals surface area contributed by atoms with Crippen LogP contribution in [0.3, 0.4) is 0 Å². The van der Waals surface area contributed by atoms with Gasteiger partial charge in [0.05, 0.1) is 17.5 Å². The summed E-state index contributed by atoms with van der Waals surface area (Å²) < 4.78 is 0. The molecular formula is C16H22N2O2. The van der Waals surface area contributed by atoms with Crippen LogP contribution in [-0.4, -0.2) is 34.6 Å². The van der Waals surface area contributed by atoms with E-state index in [1.807, 2.05) is 6.07 Å². The van der Waals surface area contributed by atoms with Crippen LogP contribution in [0.25, 0.3) is 0 Å². The van der Waals surface area contributed by atoms with E-state index in [0.717, 1.165) is 44.5 Å². The first kappa shape index (κ1) is 13.6. The van der Waals surface area contributed by atoms with Gasteiger partial charge in [-0.25, -0.2) is 0 Å². The smallest absolute Gasteiger partial charge is 0.178 e. The molecule has 1 aromatic heterocycles. The van der Waals surface area contributed by atoms with Gasteiger partial charge < -0.3 is 10.0 Å². The number of rotatable bonds is 2. The van der Waals surface area contributed by atoms with Gasteiger partial charge in [0.1, 0.15) is 5.69 Å². The van der Waals surface area contributed by atoms with Crippen LogP contribution in [-0.2, 0) is 0 Å². The number of hydrogen-bond donors (Lipinski definition) is 1. The van der Waals surface area contributed by atoms with Crippen LogP contribution in [0.2, 0.25) is 0 Å². The zero-order valence-corrected chi connectivity index (χ0v) is 12.0. The number of pyridine rings is 1. The fourth-order valence-corrected chi connectivity index (χ4v) is 3.59. The molecule has 2 unspecified atom stereocenters. The molecule has 2 aliphatic rings. The Labute approximate surface area is 119 Å². The SMILES string of the molecule is CC(=O)c1ccc(N2CCC3(O)CCCCC3C2)cn1. The maximum atomic E-state index is 11.3. The molecule has 2 heterocycles. The number of aromatic nitrogens is 1. The van der Waals surface area contributed by atoms with Gasteiger partial charge in [-0.2, -0.15) is 0 Å². The predicted octanol–water partition coefficient (Wildman–Crippen LogP) is 2.42. The first-order valence-corrected chi connectivity index (χ1v) is 7.53. The second kappa shape index (κ2) is 5.17. The van der Waals surface area contributed by atoms with Gasteiger partial charge in [0.2, 0.25) is 0 Å². The summed E-state index contributed by atoms with van der Waals surface area (Å²) in [5.41, 5.74) is 1.13. The maximum Gasteiger partial charge on any atom is 0.178 e. The zero-order valence-electron chi connectivity index (χ0n) is 12.0. The Morgan fingerprint density at radius 3 is 2.95 bits per heavy atom. The highest BCUT2D eigenvalue weighted by molar-refractivity contribution is 5.92. The Hall–Kier alpha value is -1.42. The van der Waals surface area contributed by atoms with Crippen LogP contribution in [0.4, 0.5) is 5.69 Å². The van der Waals surface area contributed by atoms with Crippen LogP contribution in [0.1, 0.15) is 49.5 Å². The van der Waals surface area contributed by atoms with E-state index in [0.29, 0.717) is 11.6 Å². The van der Waals surface area contributed by atoms with Gasteiger partial charge in [-0.1, -0.05) is 12.8 Å². The molecule has 0 spiro atoms. The van der Waals surface area contributed by atoms with Crippen molar-refractivity contribution in [3.63, 3.8) is 0 Å². The third-order valence-electron chi connectivity index (χ3n) is 4.90. The number of aliphatic hydroxyl groups is 1. The van der Waals surface area contributed by atoms with Crippen molar-refractivity contribution in [2.75, 3.05) is 18.0 Å². The van der Waals surface area contributed by atoms with Gasteiger partial charge in [0, 0.05) is 25.9 Å². The third kappa shape index (κ3) is 2.44. The highest BCUT2D eigenvalue weighted by atomic mass is 16.3. The highest BCUT2D eigenvalue weighted by Crippen LogP contribution is 2.40. The summed E-state index contributed by atoms with van der Waals surface area (Å²) in [5, 5.41) is 10.7. The van der Waals surface area contributed by atoms with Crippen LogP contribution >= 0.6 is 0 Å². The van der Waals surface area contributed by atoms with Crippen molar-refractivity contribution in [2.45, 2.75) is 44.6 Å². The fourth-order valence-electron chi connectivity index (χ4n) is 3.59. The molecule has 0 bridgehead atoms. The molecule has 2 atom stereocenters. The molecule has 20 heavy (non-hydrogen) atoms. The van der Waals surface area contributed by atoms with Crippen molar-refractivity contribution < 1.29 is 9.90 Å². The molecule has 1 aliphatic heterocycles. The van der Waals surface area contributed by atoms with Crippen LogP contribution in [0.5, 0.6) is 0 Å². The number of fused-ring (bicyclic) bond motifs is 1. The average molecular weight is 274 g/mol. The van der Waals surface area contributed by atoms with E-state index >= 15 is 0 Å². The van der Waals surface area contributed by atoms with Gasteiger partial charge >= 0.3 is 0 Å². The van der Waals surface area contributed by atoms with Crippen LogP contribution < -0.4 is 4.90 Å². The minimum absolute atomic E-state index is 0.00292. The molecule has 1 saturated heterocycles. The number of piperidine rings is 1. The van der Waals surface area contributed by atoms with E-state index in [4.69, 9.17) is 0 Å². The lowest BCUT2D eigenvalue weighted by atomic mass is 9.71. The molecule has 0 aromatic carbocycles. The van der Waals surface area contributed by atoms with Crippen molar-refractivity contribution in [1.29, 1.82) is 0 Å². The number of carbonyl (C=O) groups excluding carboxylic acids is 1. The number of carbonyl (C=O) groups is 1. The Morgan fingerprint density at radius 1 is 1.40 bits per heavy atom. The van der Waals surface area contributed by atoms with E-state index in [9.17, 15) is 9.90 Å². The second-order valence-corrected chi connectivity index (χ2v) is 6.20. The maximum absolute atomic E-state index is 11.3. The van der Waals surface area contributed by atoms with Crippen LogP contribution in [0, 0.1) is 5.92 Å². The van der Waals surface area contributed by atoms with E-state index in [2.05, 4.69) is 9.88 Å². The normalized spacial score (nSPS) is 29.9. The number of hydrogen-bond acceptors (Lipinski definition) is 4. The first-order chi connectivity index (χ1) is 9.58. The predicted molar refractivity (Wildman–Crippen MR) is 78.0 cm³/mol. The summed E-state index contributed by atoms with van der Waals surface area (Å²) in [5.74, 6) is 0.370. The topological polar surface area (TPSA) is 53.4 Å². The largest absolute Gasteiger partial charge is 0.389 e. The summed E-state index contributed by atoms with van der Waals surface area (Å²) in [4.78, 5) is 17.8. The van der Waals surface area contributed by atoms with Crippen molar-refractivity contribution >= 4 is 11.5 Å². The van der Waals surface area contributed by atoms with Crippen LogP contribution in [0.15, 0.2) is 18.3 Å². The van der Waals surface area contributed by atoms with Crippen molar-refractivity contribution in [3.05, 3.63) is 24.0 Å². The van der Waals surface area contributed by atoms with E-state index in [1.165, 1.54) is 13.3 Å². The third-order valence-corrected chi connectivity index (χ3v) is 4.90. The minimum atomic E-state index is -0.443. The van der Waals surface area contributed by atoms with Crippen molar-refractivity contribution in [3.8, 4) is 0 Å². The molecule has 0 radical (unpaired) electrons. The lowest BCUT2D eigenvalue weighted by molar-refractivity contribution is -0.0612. The molecule has 108 valence electrons. The molecule has 0 amide bonds. The Kier molecular flexibility index (Phi) is 3.50. The molecule has 3 rings (SSSR count). The Balaban J connectivity index is 1.74. The van der Waals surface area contributed by atoms with E-state index in [-0.39, 0.29) is 5.78 Å². The van der Waals surface area contributed by atoms with Gasteiger partial charge in [-0.05, 0) is 31.4 Å². The van der Waals surface area contributed by atoms with Gasteiger partial charge in [0.15, 0.2) is 5.78 Å². The summed E-state index contributed by atoms with van der Waals surface area (Å²) in [7, 11) is 0. The molecule has 4 heteroatoms. The van der Waals surface area contributed by atoms with Gasteiger partial charge in [-0.15, -0.1) is 0 Å². The molecule has 1 aromatic rings. The van der Waals surface area contributed by atoms with Gasteiger partial charge in [-0.3, -0.25) is 9.78 Å². The van der Waals surface area contributed by atoms with E-state index < -0.39 is 5.60 Å². The molecule has 1 aliphatic carbocycles. The number of ketones is 1. The number of nitrogens with zero attached hydrogens (tertiary/aromatic N) is 2. The molecule has 2 fully saturated rings. The minimum Gasteiger partial charge on any atom is -0.389 e. The number of anilines is 1. The molecule has 4 nitrogen and oxygen atoms in total. The Bertz CT molecular complexity index is 500. The summed E-state index contributed by atoms with van der Waals surface area (Å²) in [6, 6.07) is 3.76. The van der Waals surface area contributed by atoms with E-state index in [1.54, 1.807) is 12.3 Å². The first-order valence-electron chi connectivity index (χ1n) is 7.53. The monoisotopic (exact) mass is 274 g/mol. The fraction of sp³-hybridized carbons (Fsp3) is 0.625. The van der Waals surface area contributed by atoms with Gasteiger partial charge in [0.25, 0.3) is 0 Å². The molecule has 1 saturated carbocycles. The summed E-state index contributed by atoms with van der Waals surface area (Å²) in [6.07, 6.45) is 7.07. The standard InChI is InChI=1S/C16H22N2O2/c1-12(19)15-6-5-14(10-17-15)18-9-8-16(20)7-3-2-4-13(16)11-18/h5-6,10,13,20H,2-4,7-9,11H2,1H3. The Morgan fingerprint density at radius 2 is 2.25 bits per heavy atom. The average Bonchev–Trinajstić information content (AvgIpc) is 2.46. The highest BCUT2D eigenvalue weighted by Gasteiger charge is 2.42. The zero-order chi connectivity index (χ0) is 14.2. The lowest BCUT2D eigenvalue weighted by Crippen LogP contribution is -2.53. The molecular weight excluding hydrogens is 252 g/mol. The molecule has 1 N–H and O–H groups in total. The van der Waals surface area contributed by atoms with Crippen molar-refractivity contribution in [2.24, 2.45) is 5.92 Å².